The van der Waals surface area contributed by atoms with Crippen molar-refractivity contribution in [2.75, 3.05) is 0 Å². The van der Waals surface area contributed by atoms with E-state index in [0.29, 0.717) is 0 Å². The van der Waals surface area contributed by atoms with Gasteiger partial charge in [0.2, 0.25) is 0 Å². The smallest absolute Gasteiger partial charge is 0.291 e. The summed E-state index contributed by atoms with van der Waals surface area (Å²) in [6.45, 7) is 0. The molecule has 0 amide bonds. The summed E-state index contributed by atoms with van der Waals surface area (Å²) in [7, 11) is 0. The number of rotatable bonds is 1. The molecule has 0 saturated heterocycles. The van der Waals surface area contributed by atoms with Crippen molar-refractivity contribution in [2.45, 2.75) is 0 Å². The maximum absolute atomic E-state index is 13.1. The Hall–Kier alpha value is -2.18. The highest BCUT2D eigenvalue weighted by atomic mass is 19.1. The van der Waals surface area contributed by atoms with E-state index in [-0.39, 0.29) is 16.6 Å². The van der Waals surface area contributed by atoms with E-state index in [0.717, 1.165) is 12.1 Å². The molecule has 2 aromatic rings. The van der Waals surface area contributed by atoms with Gasteiger partial charge in [0.1, 0.15) is 16.7 Å². The third-order valence-electron chi connectivity index (χ3n) is 1.86. The topological polar surface area (TPSA) is 91.8 Å². The maximum Gasteiger partial charge on any atom is 0.295 e. The Bertz CT molecular complexity index is 571. The van der Waals surface area contributed by atoms with Crippen molar-refractivity contribution in [3.8, 4) is 0 Å². The number of aromatic nitrogens is 2. The fourth-order valence-electron chi connectivity index (χ4n) is 1.25. The largest absolute Gasteiger partial charge is 0.295 e. The monoisotopic (exact) mass is 197 g/mol. The molecule has 0 atom stereocenters. The van der Waals surface area contributed by atoms with Crippen molar-refractivity contribution in [2.24, 2.45) is 0 Å². The quantitative estimate of drug-likeness (QED) is 0.525. The van der Waals surface area contributed by atoms with Crippen molar-refractivity contribution < 1.29 is 9.31 Å². The van der Waals surface area contributed by atoms with Gasteiger partial charge < -0.3 is 0 Å². The fraction of sp³-hybridized carbons (Fsp3) is 0. The Labute approximate surface area is 75.5 Å². The van der Waals surface area contributed by atoms with E-state index in [4.69, 9.17) is 0 Å². The van der Waals surface area contributed by atoms with Gasteiger partial charge in [-0.25, -0.2) is 4.39 Å². The van der Waals surface area contributed by atoms with Crippen LogP contribution in [-0.4, -0.2) is 15.1 Å². The number of fused-ring (bicyclic) bond motifs is 1. The number of hydrogen-bond acceptors (Lipinski definition) is 3. The van der Waals surface area contributed by atoms with Gasteiger partial charge in [0.05, 0.1) is 4.92 Å². The number of H-pyrrole nitrogens is 2. The minimum atomic E-state index is -0.784. The molecule has 2 N–H and O–H groups in total. The van der Waals surface area contributed by atoms with Crippen LogP contribution < -0.4 is 5.56 Å². The van der Waals surface area contributed by atoms with Crippen molar-refractivity contribution in [3.05, 3.63) is 38.4 Å². The Morgan fingerprint density at radius 3 is 2.71 bits per heavy atom. The van der Waals surface area contributed by atoms with E-state index in [1.807, 2.05) is 0 Å². The second-order valence-corrected chi connectivity index (χ2v) is 2.65. The highest BCUT2D eigenvalue weighted by Crippen LogP contribution is 2.22. The molecule has 0 aliphatic rings. The molecule has 14 heavy (non-hydrogen) atoms. The van der Waals surface area contributed by atoms with Crippen LogP contribution in [0.15, 0.2) is 16.9 Å². The van der Waals surface area contributed by atoms with Gasteiger partial charge in [-0.15, -0.1) is 0 Å². The Balaban J connectivity index is 2.98. The number of nitrogens with zero attached hydrogens (tertiary/aromatic N) is 1. The van der Waals surface area contributed by atoms with Crippen LogP contribution in [0.4, 0.5) is 10.1 Å². The molecule has 1 heterocycles. The van der Waals surface area contributed by atoms with Crippen molar-refractivity contribution in [1.29, 1.82) is 0 Å². The average molecular weight is 197 g/mol. The van der Waals surface area contributed by atoms with Crippen LogP contribution >= 0.6 is 0 Å². The molecule has 0 spiro atoms. The van der Waals surface area contributed by atoms with Gasteiger partial charge in [0.25, 0.3) is 11.2 Å². The van der Waals surface area contributed by atoms with Crippen LogP contribution in [0.25, 0.3) is 10.9 Å². The van der Waals surface area contributed by atoms with E-state index in [9.17, 15) is 19.3 Å². The van der Waals surface area contributed by atoms with Crippen molar-refractivity contribution in [3.63, 3.8) is 0 Å². The zero-order valence-corrected chi connectivity index (χ0v) is 6.70. The SMILES string of the molecule is O=c1[nH][nH]c2c([N+](=O)[O-])ccc(F)c12. The number of benzene rings is 1. The summed E-state index contributed by atoms with van der Waals surface area (Å²) in [5.41, 5.74) is -1.17. The predicted octanol–water partition coefficient (Wildman–Crippen LogP) is 0.903. The summed E-state index contributed by atoms with van der Waals surface area (Å²) in [6, 6.07) is 1.89. The van der Waals surface area contributed by atoms with Crippen LogP contribution in [0.3, 0.4) is 0 Å². The summed E-state index contributed by atoms with van der Waals surface area (Å²) in [6.07, 6.45) is 0. The van der Waals surface area contributed by atoms with Gasteiger partial charge in [-0.3, -0.25) is 25.1 Å². The Kier molecular flexibility index (Phi) is 1.60. The van der Waals surface area contributed by atoms with Crippen LogP contribution in [0.1, 0.15) is 0 Å². The van der Waals surface area contributed by atoms with Gasteiger partial charge in [-0.05, 0) is 6.07 Å². The van der Waals surface area contributed by atoms with E-state index in [2.05, 4.69) is 10.2 Å². The van der Waals surface area contributed by atoms with Crippen LogP contribution in [-0.2, 0) is 0 Å². The molecule has 0 bridgehead atoms. The van der Waals surface area contributed by atoms with Crippen LogP contribution in [0.2, 0.25) is 0 Å². The number of nitro groups is 1. The first-order valence-corrected chi connectivity index (χ1v) is 3.64. The lowest BCUT2D eigenvalue weighted by Gasteiger charge is -1.92. The third-order valence-corrected chi connectivity index (χ3v) is 1.86. The van der Waals surface area contributed by atoms with Crippen molar-refractivity contribution in [1.82, 2.24) is 10.2 Å². The first kappa shape index (κ1) is 8.42. The number of non-ortho nitro benzene ring substituents is 1. The highest BCUT2D eigenvalue weighted by Gasteiger charge is 2.18. The summed E-state index contributed by atoms with van der Waals surface area (Å²) < 4.78 is 13.1. The first-order chi connectivity index (χ1) is 6.61. The van der Waals surface area contributed by atoms with Crippen LogP contribution in [0.5, 0.6) is 0 Å². The van der Waals surface area contributed by atoms with Gasteiger partial charge in [0.15, 0.2) is 0 Å². The zero-order valence-electron chi connectivity index (χ0n) is 6.70. The summed E-state index contributed by atoms with van der Waals surface area (Å²) in [5, 5.41) is 14.5. The summed E-state index contributed by atoms with van der Waals surface area (Å²) in [5.74, 6) is -0.784. The molecule has 7 heteroatoms. The molecule has 1 aromatic carbocycles. The fourth-order valence-corrected chi connectivity index (χ4v) is 1.25. The molecule has 0 unspecified atom stereocenters. The molecular weight excluding hydrogens is 193 g/mol. The lowest BCUT2D eigenvalue weighted by atomic mass is 10.2. The van der Waals surface area contributed by atoms with Gasteiger partial charge in [-0.2, -0.15) is 0 Å². The highest BCUT2D eigenvalue weighted by molar-refractivity contribution is 5.86. The van der Waals surface area contributed by atoms with Crippen molar-refractivity contribution >= 4 is 16.6 Å². The molecule has 0 aliphatic carbocycles. The van der Waals surface area contributed by atoms with E-state index in [1.165, 1.54) is 0 Å². The first-order valence-electron chi connectivity index (χ1n) is 3.64. The maximum atomic E-state index is 13.1. The summed E-state index contributed by atoms with van der Waals surface area (Å²) >= 11 is 0. The zero-order chi connectivity index (χ0) is 10.3. The predicted molar refractivity (Wildman–Crippen MR) is 45.5 cm³/mol. The van der Waals surface area contributed by atoms with E-state index < -0.39 is 16.3 Å². The number of nitro benzene ring substituents is 1. The molecule has 2 rings (SSSR count). The standard InChI is InChI=1S/C7H4FN3O3/c8-3-1-2-4(11(13)14)6-5(3)7(12)10-9-6/h1-2H,(H2,9,10,12). The van der Waals surface area contributed by atoms with Crippen LogP contribution in [0, 0.1) is 15.9 Å². The number of nitrogens with one attached hydrogen (secondary N) is 2. The molecule has 0 fully saturated rings. The number of hydrogen-bond donors (Lipinski definition) is 2. The second-order valence-electron chi connectivity index (χ2n) is 2.65. The molecule has 1 aromatic heterocycles. The molecule has 0 aliphatic heterocycles. The van der Waals surface area contributed by atoms with Gasteiger partial charge in [0, 0.05) is 6.07 Å². The number of halogens is 1. The molecule has 0 radical (unpaired) electrons. The minimum absolute atomic E-state index is 0.125. The lowest BCUT2D eigenvalue weighted by Crippen LogP contribution is -2.00. The molecular formula is C7H4FN3O3. The third kappa shape index (κ3) is 0.987. The number of aromatic amines is 2. The molecule has 72 valence electrons. The lowest BCUT2D eigenvalue weighted by molar-refractivity contribution is -0.383. The van der Waals surface area contributed by atoms with E-state index >= 15 is 0 Å². The summed E-state index contributed by atoms with van der Waals surface area (Å²) in [4.78, 5) is 20.8. The van der Waals surface area contributed by atoms with Gasteiger partial charge >= 0.3 is 0 Å². The second kappa shape index (κ2) is 2.66. The average Bonchev–Trinajstić information content (AvgIpc) is 2.49. The molecule has 6 nitrogen and oxygen atoms in total. The van der Waals surface area contributed by atoms with Gasteiger partial charge in [-0.1, -0.05) is 0 Å². The minimum Gasteiger partial charge on any atom is -0.291 e. The normalized spacial score (nSPS) is 10.6. The van der Waals surface area contributed by atoms with E-state index in [1.54, 1.807) is 0 Å². The Morgan fingerprint density at radius 1 is 1.36 bits per heavy atom. The Morgan fingerprint density at radius 2 is 2.07 bits per heavy atom. The molecule has 0 saturated carbocycles.